The van der Waals surface area contributed by atoms with Crippen molar-refractivity contribution >= 4 is 11.8 Å². The molecule has 158 valence electrons. The molecule has 2 heterocycles. The van der Waals surface area contributed by atoms with Gasteiger partial charge in [0.25, 0.3) is 5.91 Å². The van der Waals surface area contributed by atoms with E-state index in [1.807, 2.05) is 0 Å². The van der Waals surface area contributed by atoms with E-state index in [0.717, 1.165) is 32.5 Å². The van der Waals surface area contributed by atoms with Crippen LogP contribution in [0.3, 0.4) is 0 Å². The van der Waals surface area contributed by atoms with Crippen molar-refractivity contribution in [1.29, 1.82) is 0 Å². The number of piperidine rings is 2. The molecule has 5 nitrogen and oxygen atoms in total. The second-order valence-corrected chi connectivity index (χ2v) is 8.44. The summed E-state index contributed by atoms with van der Waals surface area (Å²) < 4.78 is 13.0. The van der Waals surface area contributed by atoms with Crippen LogP contribution in [-0.4, -0.2) is 60.4 Å². The molecular weight excluding hydrogens is 369 g/mol. The molecule has 1 aromatic carbocycles. The normalized spacial score (nSPS) is 19.1. The highest BCUT2D eigenvalue weighted by molar-refractivity contribution is 5.94. The summed E-state index contributed by atoms with van der Waals surface area (Å²) in [7, 11) is 0. The maximum absolute atomic E-state index is 13.0. The largest absolute Gasteiger partial charge is 0.353 e. The number of carbonyl (C=O) groups is 2. The van der Waals surface area contributed by atoms with E-state index in [4.69, 9.17) is 0 Å². The van der Waals surface area contributed by atoms with E-state index in [1.165, 1.54) is 29.8 Å². The Morgan fingerprint density at radius 3 is 2.24 bits per heavy atom. The lowest BCUT2D eigenvalue weighted by Gasteiger charge is -2.34. The van der Waals surface area contributed by atoms with Gasteiger partial charge in [-0.25, -0.2) is 4.39 Å². The summed E-state index contributed by atoms with van der Waals surface area (Å²) >= 11 is 0. The van der Waals surface area contributed by atoms with Gasteiger partial charge < -0.3 is 10.2 Å². The van der Waals surface area contributed by atoms with E-state index in [-0.39, 0.29) is 29.6 Å². The predicted molar refractivity (Wildman–Crippen MR) is 112 cm³/mol. The van der Waals surface area contributed by atoms with Crippen LogP contribution >= 0.6 is 0 Å². The van der Waals surface area contributed by atoms with Gasteiger partial charge in [0, 0.05) is 50.2 Å². The monoisotopic (exact) mass is 401 g/mol. The molecule has 0 saturated carbocycles. The van der Waals surface area contributed by atoms with Crippen LogP contribution in [0, 0.1) is 11.7 Å². The summed E-state index contributed by atoms with van der Waals surface area (Å²) in [6, 6.07) is 5.89. The zero-order chi connectivity index (χ0) is 20.8. The first-order valence-corrected chi connectivity index (χ1v) is 10.6. The van der Waals surface area contributed by atoms with Crippen LogP contribution in [-0.2, 0) is 4.79 Å². The van der Waals surface area contributed by atoms with Gasteiger partial charge in [-0.3, -0.25) is 14.5 Å². The first-order valence-electron chi connectivity index (χ1n) is 10.6. The summed E-state index contributed by atoms with van der Waals surface area (Å²) in [4.78, 5) is 29.4. The molecular formula is C23H32FN3O2. The van der Waals surface area contributed by atoms with Gasteiger partial charge in [0.2, 0.25) is 5.91 Å². The Morgan fingerprint density at radius 1 is 1.03 bits per heavy atom. The van der Waals surface area contributed by atoms with Gasteiger partial charge in [0.1, 0.15) is 5.82 Å². The molecule has 0 unspecified atom stereocenters. The number of benzene rings is 1. The molecule has 29 heavy (non-hydrogen) atoms. The third-order valence-electron chi connectivity index (χ3n) is 5.94. The molecule has 0 bridgehead atoms. The number of amides is 2. The van der Waals surface area contributed by atoms with Crippen LogP contribution in [0.4, 0.5) is 4.39 Å². The average Bonchev–Trinajstić information content (AvgIpc) is 2.73. The molecule has 2 aliphatic heterocycles. The Balaban J connectivity index is 1.41. The molecule has 3 rings (SSSR count). The Labute approximate surface area is 172 Å². The molecule has 2 aliphatic rings. The quantitative estimate of drug-likeness (QED) is 0.771. The second kappa shape index (κ2) is 10.0. The Hall–Kier alpha value is -2.21. The highest BCUT2D eigenvalue weighted by Crippen LogP contribution is 2.21. The molecule has 0 aromatic heterocycles. The molecule has 0 aliphatic carbocycles. The van der Waals surface area contributed by atoms with Crippen molar-refractivity contribution in [2.75, 3.05) is 32.7 Å². The van der Waals surface area contributed by atoms with Gasteiger partial charge >= 0.3 is 0 Å². The van der Waals surface area contributed by atoms with Crippen molar-refractivity contribution < 1.29 is 14.0 Å². The minimum Gasteiger partial charge on any atom is -0.353 e. The first-order chi connectivity index (χ1) is 13.9. The molecule has 0 spiro atoms. The number of halogens is 1. The number of likely N-dealkylation sites (tertiary alicyclic amines) is 2. The standard InChI is InChI=1S/C23H32FN3O2/c1-17(2)7-12-26-13-10-21(11-14-26)25-22(28)18-8-15-27(16-9-18)23(29)19-3-5-20(24)6-4-19/h3-7,18,21H,8-16H2,1-2H3,(H,25,28). The van der Waals surface area contributed by atoms with Crippen LogP contribution in [0.2, 0.25) is 0 Å². The Kier molecular flexibility index (Phi) is 7.42. The smallest absolute Gasteiger partial charge is 0.253 e. The van der Waals surface area contributed by atoms with Crippen molar-refractivity contribution in [3.63, 3.8) is 0 Å². The molecule has 2 fully saturated rings. The molecule has 2 saturated heterocycles. The highest BCUT2D eigenvalue weighted by atomic mass is 19.1. The SMILES string of the molecule is CC(C)=CCN1CCC(NC(=O)C2CCN(C(=O)c3ccc(F)cc3)CC2)CC1. The lowest BCUT2D eigenvalue weighted by Crippen LogP contribution is -2.48. The summed E-state index contributed by atoms with van der Waals surface area (Å²) in [6.45, 7) is 8.38. The van der Waals surface area contributed by atoms with Gasteiger partial charge in [0.15, 0.2) is 0 Å². The van der Waals surface area contributed by atoms with E-state index < -0.39 is 0 Å². The third kappa shape index (κ3) is 6.13. The average molecular weight is 402 g/mol. The van der Waals surface area contributed by atoms with Gasteiger partial charge in [-0.1, -0.05) is 11.6 Å². The fourth-order valence-corrected chi connectivity index (χ4v) is 4.01. The van der Waals surface area contributed by atoms with Gasteiger partial charge in [-0.05, 0) is 63.8 Å². The molecule has 1 N–H and O–H groups in total. The number of rotatable bonds is 5. The molecule has 2 amide bonds. The minimum atomic E-state index is -0.347. The fourth-order valence-electron chi connectivity index (χ4n) is 4.01. The second-order valence-electron chi connectivity index (χ2n) is 8.44. The van der Waals surface area contributed by atoms with Crippen molar-refractivity contribution in [1.82, 2.24) is 15.1 Å². The van der Waals surface area contributed by atoms with Gasteiger partial charge in [-0.15, -0.1) is 0 Å². The van der Waals surface area contributed by atoms with Gasteiger partial charge in [-0.2, -0.15) is 0 Å². The summed E-state index contributed by atoms with van der Waals surface area (Å²) in [5, 5.41) is 3.23. The fraction of sp³-hybridized carbons (Fsp3) is 0.565. The lowest BCUT2D eigenvalue weighted by molar-refractivity contribution is -0.127. The Morgan fingerprint density at radius 2 is 1.66 bits per heavy atom. The molecule has 6 heteroatoms. The maximum atomic E-state index is 13.0. The summed E-state index contributed by atoms with van der Waals surface area (Å²) in [5.74, 6) is -0.343. The van der Waals surface area contributed by atoms with Crippen molar-refractivity contribution in [3.05, 3.63) is 47.3 Å². The first kappa shape index (κ1) is 21.5. The highest BCUT2D eigenvalue weighted by Gasteiger charge is 2.29. The minimum absolute atomic E-state index is 0.0315. The number of allylic oxidation sites excluding steroid dienone is 1. The summed E-state index contributed by atoms with van der Waals surface area (Å²) in [5.41, 5.74) is 1.83. The van der Waals surface area contributed by atoms with E-state index in [9.17, 15) is 14.0 Å². The molecule has 0 atom stereocenters. The van der Waals surface area contributed by atoms with Crippen LogP contribution in [0.1, 0.15) is 49.9 Å². The van der Waals surface area contributed by atoms with Crippen molar-refractivity contribution in [3.8, 4) is 0 Å². The van der Waals surface area contributed by atoms with Gasteiger partial charge in [0.05, 0.1) is 0 Å². The number of hydrogen-bond donors (Lipinski definition) is 1. The van der Waals surface area contributed by atoms with E-state index in [2.05, 4.69) is 30.1 Å². The molecule has 1 aromatic rings. The maximum Gasteiger partial charge on any atom is 0.253 e. The zero-order valence-corrected chi connectivity index (χ0v) is 17.5. The van der Waals surface area contributed by atoms with E-state index in [0.29, 0.717) is 31.5 Å². The third-order valence-corrected chi connectivity index (χ3v) is 5.94. The number of hydrogen-bond acceptors (Lipinski definition) is 3. The number of nitrogens with one attached hydrogen (secondary N) is 1. The number of nitrogens with zero attached hydrogens (tertiary/aromatic N) is 2. The topological polar surface area (TPSA) is 52.7 Å². The van der Waals surface area contributed by atoms with Crippen LogP contribution in [0.5, 0.6) is 0 Å². The van der Waals surface area contributed by atoms with Crippen molar-refractivity contribution in [2.24, 2.45) is 5.92 Å². The van der Waals surface area contributed by atoms with Crippen LogP contribution in [0.25, 0.3) is 0 Å². The van der Waals surface area contributed by atoms with Crippen LogP contribution < -0.4 is 5.32 Å². The van der Waals surface area contributed by atoms with E-state index in [1.54, 1.807) is 4.90 Å². The lowest BCUT2D eigenvalue weighted by atomic mass is 9.94. The number of carbonyl (C=O) groups excluding carboxylic acids is 2. The van der Waals surface area contributed by atoms with Crippen molar-refractivity contribution in [2.45, 2.75) is 45.6 Å². The van der Waals surface area contributed by atoms with E-state index >= 15 is 0 Å². The zero-order valence-electron chi connectivity index (χ0n) is 17.5. The summed E-state index contributed by atoms with van der Waals surface area (Å²) in [6.07, 6.45) is 5.59. The Bertz CT molecular complexity index is 727. The van der Waals surface area contributed by atoms with Crippen LogP contribution in [0.15, 0.2) is 35.9 Å². The predicted octanol–water partition coefficient (Wildman–Crippen LogP) is 3.22. The molecule has 0 radical (unpaired) electrons.